The summed E-state index contributed by atoms with van der Waals surface area (Å²) in [6.07, 6.45) is 2.37. The van der Waals surface area contributed by atoms with Gasteiger partial charge < -0.3 is 15.2 Å². The van der Waals surface area contributed by atoms with E-state index in [1.807, 2.05) is 23.6 Å². The van der Waals surface area contributed by atoms with Crippen molar-refractivity contribution >= 4 is 33.1 Å². The van der Waals surface area contributed by atoms with Crippen molar-refractivity contribution in [3.8, 4) is 11.4 Å². The van der Waals surface area contributed by atoms with Gasteiger partial charge in [-0.05, 0) is 25.0 Å². The van der Waals surface area contributed by atoms with Crippen LogP contribution in [0.5, 0.6) is 0 Å². The maximum absolute atomic E-state index is 12.1. The molecule has 5 rings (SSSR count). The van der Waals surface area contributed by atoms with Crippen molar-refractivity contribution in [3.05, 3.63) is 35.7 Å². The van der Waals surface area contributed by atoms with E-state index in [0.717, 1.165) is 11.1 Å². The third kappa shape index (κ3) is 3.40. The van der Waals surface area contributed by atoms with Gasteiger partial charge in [-0.25, -0.2) is 19.7 Å². The molecule has 0 unspecified atom stereocenters. The number of aryl methyl sites for hydroxylation is 1. The van der Waals surface area contributed by atoms with Gasteiger partial charge >= 0.3 is 0 Å². The number of rotatable bonds is 6. The van der Waals surface area contributed by atoms with E-state index in [4.69, 9.17) is 9.97 Å². The predicted molar refractivity (Wildman–Crippen MR) is 119 cm³/mol. The summed E-state index contributed by atoms with van der Waals surface area (Å²) in [4.78, 5) is 26.2. The van der Waals surface area contributed by atoms with Crippen molar-refractivity contribution in [2.24, 2.45) is 0 Å². The van der Waals surface area contributed by atoms with E-state index < -0.39 is 10.2 Å². The van der Waals surface area contributed by atoms with Crippen LogP contribution < -0.4 is 15.4 Å². The van der Waals surface area contributed by atoms with Crippen LogP contribution in [0.25, 0.3) is 22.6 Å². The van der Waals surface area contributed by atoms with Crippen LogP contribution in [0.1, 0.15) is 29.3 Å². The molecule has 2 aliphatic heterocycles. The minimum absolute atomic E-state index is 0.100. The Labute approximate surface area is 185 Å². The lowest BCUT2D eigenvalue weighted by molar-refractivity contribution is 0.0965. The normalized spacial score (nSPS) is 18.8. The van der Waals surface area contributed by atoms with Crippen molar-refractivity contribution in [2.45, 2.75) is 32.5 Å². The summed E-state index contributed by atoms with van der Waals surface area (Å²) in [5.41, 5.74) is 3.62. The second kappa shape index (κ2) is 7.80. The predicted octanol–water partition coefficient (Wildman–Crippen LogP) is 0.707. The van der Waals surface area contributed by atoms with E-state index in [1.54, 1.807) is 12.4 Å². The average molecular weight is 457 g/mol. The lowest BCUT2D eigenvalue weighted by Crippen LogP contribution is -2.38. The van der Waals surface area contributed by atoms with Crippen molar-refractivity contribution in [2.75, 3.05) is 25.5 Å². The summed E-state index contributed by atoms with van der Waals surface area (Å²) in [7, 11) is -2.07. The molecular weight excluding hydrogens is 432 g/mol. The Hall–Kier alpha value is -3.09. The molecule has 0 saturated carbocycles. The van der Waals surface area contributed by atoms with E-state index in [0.29, 0.717) is 61.0 Å². The first-order valence-electron chi connectivity index (χ1n) is 10.5. The van der Waals surface area contributed by atoms with Crippen molar-refractivity contribution in [3.63, 3.8) is 0 Å². The van der Waals surface area contributed by atoms with Crippen molar-refractivity contribution < 1.29 is 13.2 Å². The molecule has 4 heterocycles. The summed E-state index contributed by atoms with van der Waals surface area (Å²) >= 11 is 0. The lowest BCUT2D eigenvalue weighted by atomic mass is 10.0. The molecule has 0 spiro atoms. The Morgan fingerprint density at radius 3 is 2.84 bits per heavy atom. The SMILES string of the molecule is CCn1cnc2c(N[C@H]3CCN(S(=O)(=O)NC)C3)nc(-c3cccc4c3CNC4=O)nc21. The molecule has 1 amide bonds. The zero-order chi connectivity index (χ0) is 22.5. The molecule has 12 heteroatoms. The minimum Gasteiger partial charge on any atom is -0.364 e. The Balaban J connectivity index is 1.56. The molecule has 1 aromatic carbocycles. The number of carbonyl (C=O) groups excluding carboxylic acids is 1. The van der Waals surface area contributed by atoms with Crippen LogP contribution in [-0.2, 0) is 23.3 Å². The quantitative estimate of drug-likeness (QED) is 0.497. The highest BCUT2D eigenvalue weighted by atomic mass is 32.2. The molecule has 32 heavy (non-hydrogen) atoms. The van der Waals surface area contributed by atoms with Gasteiger partial charge in [0.05, 0.1) is 6.33 Å². The molecule has 1 saturated heterocycles. The standard InChI is InChI=1S/C20H24N8O3S/c1-3-27-11-23-16-18(24-12-7-8-28(10-12)32(30,31)21-2)25-17(26-19(16)27)13-5-4-6-14-15(13)9-22-20(14)29/h4-6,11-12,21H,3,7-10H2,1-2H3,(H,22,29)(H,24,25,26)/t12-/m0/s1. The number of imidazole rings is 1. The zero-order valence-electron chi connectivity index (χ0n) is 17.8. The fourth-order valence-corrected chi connectivity index (χ4v) is 5.23. The summed E-state index contributed by atoms with van der Waals surface area (Å²) < 4.78 is 30.0. The van der Waals surface area contributed by atoms with Gasteiger partial charge in [-0.1, -0.05) is 12.1 Å². The number of anilines is 1. The van der Waals surface area contributed by atoms with E-state index >= 15 is 0 Å². The molecule has 3 aromatic rings. The minimum atomic E-state index is -3.48. The van der Waals surface area contributed by atoms with Gasteiger partial charge in [0.15, 0.2) is 17.3 Å². The number of aromatic nitrogens is 4. The van der Waals surface area contributed by atoms with E-state index in [9.17, 15) is 13.2 Å². The summed E-state index contributed by atoms with van der Waals surface area (Å²) in [5.74, 6) is 0.957. The Morgan fingerprint density at radius 2 is 2.06 bits per heavy atom. The second-order valence-corrected chi connectivity index (χ2v) is 9.68. The number of carbonyl (C=O) groups is 1. The van der Waals surface area contributed by atoms with Gasteiger partial charge in [-0.3, -0.25) is 4.79 Å². The molecule has 3 N–H and O–H groups in total. The Bertz CT molecular complexity index is 1320. The summed E-state index contributed by atoms with van der Waals surface area (Å²) in [5, 5.41) is 6.24. The smallest absolute Gasteiger partial charge is 0.279 e. The Morgan fingerprint density at radius 1 is 1.25 bits per heavy atom. The first-order chi connectivity index (χ1) is 15.4. The van der Waals surface area contributed by atoms with Gasteiger partial charge in [0.2, 0.25) is 0 Å². The highest BCUT2D eigenvalue weighted by Crippen LogP contribution is 2.31. The van der Waals surface area contributed by atoms with Crippen LogP contribution in [0.3, 0.4) is 0 Å². The van der Waals surface area contributed by atoms with Crippen LogP contribution in [0, 0.1) is 0 Å². The number of benzene rings is 1. The van der Waals surface area contributed by atoms with E-state index in [2.05, 4.69) is 20.3 Å². The molecule has 11 nitrogen and oxygen atoms in total. The third-order valence-electron chi connectivity index (χ3n) is 5.98. The number of hydrogen-bond acceptors (Lipinski definition) is 7. The van der Waals surface area contributed by atoms with Gasteiger partial charge in [0, 0.05) is 50.4 Å². The largest absolute Gasteiger partial charge is 0.364 e. The molecule has 168 valence electrons. The molecule has 0 radical (unpaired) electrons. The molecule has 0 aliphatic carbocycles. The van der Waals surface area contributed by atoms with Crippen LogP contribution in [-0.4, -0.2) is 64.3 Å². The molecule has 2 aromatic heterocycles. The highest BCUT2D eigenvalue weighted by Gasteiger charge is 2.31. The topological polar surface area (TPSA) is 134 Å². The van der Waals surface area contributed by atoms with Crippen molar-refractivity contribution in [1.29, 1.82) is 0 Å². The third-order valence-corrected chi connectivity index (χ3v) is 7.51. The fraction of sp³-hybridized carbons (Fsp3) is 0.400. The summed E-state index contributed by atoms with van der Waals surface area (Å²) in [6, 6.07) is 5.42. The number of fused-ring (bicyclic) bond motifs is 2. The fourth-order valence-electron chi connectivity index (χ4n) is 4.25. The lowest BCUT2D eigenvalue weighted by Gasteiger charge is -2.17. The monoisotopic (exact) mass is 456 g/mol. The van der Waals surface area contributed by atoms with Gasteiger partial charge in [-0.15, -0.1) is 0 Å². The number of nitrogens with one attached hydrogen (secondary N) is 3. The van der Waals surface area contributed by atoms with E-state index in [1.165, 1.54) is 11.4 Å². The Kier molecular flexibility index (Phi) is 5.07. The number of hydrogen-bond donors (Lipinski definition) is 3. The van der Waals surface area contributed by atoms with Gasteiger partial charge in [-0.2, -0.15) is 12.7 Å². The van der Waals surface area contributed by atoms with Crippen LogP contribution in [0.2, 0.25) is 0 Å². The molecule has 0 bridgehead atoms. The molecule has 1 atom stereocenters. The van der Waals surface area contributed by atoms with Gasteiger partial charge in [0.25, 0.3) is 16.1 Å². The van der Waals surface area contributed by atoms with Crippen LogP contribution >= 0.6 is 0 Å². The summed E-state index contributed by atoms with van der Waals surface area (Å²) in [6.45, 7) is 3.89. The van der Waals surface area contributed by atoms with Gasteiger partial charge in [0.1, 0.15) is 5.52 Å². The number of amides is 1. The van der Waals surface area contributed by atoms with Crippen molar-refractivity contribution in [1.82, 2.24) is 33.9 Å². The van der Waals surface area contributed by atoms with Crippen LogP contribution in [0.15, 0.2) is 24.5 Å². The first-order valence-corrected chi connectivity index (χ1v) is 11.9. The maximum Gasteiger partial charge on any atom is 0.279 e. The number of nitrogens with zero attached hydrogens (tertiary/aromatic N) is 5. The zero-order valence-corrected chi connectivity index (χ0v) is 18.6. The average Bonchev–Trinajstić information content (AvgIpc) is 3.52. The maximum atomic E-state index is 12.1. The highest BCUT2D eigenvalue weighted by molar-refractivity contribution is 7.87. The first kappa shape index (κ1) is 20.8. The van der Waals surface area contributed by atoms with E-state index in [-0.39, 0.29) is 11.9 Å². The van der Waals surface area contributed by atoms with Crippen LogP contribution in [0.4, 0.5) is 5.82 Å². The molecule has 2 aliphatic rings. The molecule has 1 fully saturated rings. The second-order valence-electron chi connectivity index (χ2n) is 7.81. The molecular formula is C20H24N8O3S.